The number of rotatable bonds is 1. The van der Waals surface area contributed by atoms with Crippen molar-refractivity contribution in [2.75, 3.05) is 0 Å². The second kappa shape index (κ2) is 3.55. The van der Waals surface area contributed by atoms with Crippen molar-refractivity contribution in [1.29, 1.82) is 0 Å². The monoisotopic (exact) mass is 278 g/mol. The zero-order chi connectivity index (χ0) is 9.19. The summed E-state index contributed by atoms with van der Waals surface area (Å²) in [5.74, 6) is 0.651. The van der Waals surface area contributed by atoms with E-state index in [1.807, 2.05) is 20.8 Å². The highest BCUT2D eigenvalue weighted by molar-refractivity contribution is 14.1. The van der Waals surface area contributed by atoms with Gasteiger partial charge in [-0.15, -0.1) is 0 Å². The number of hydrogen-bond donors (Lipinski definition) is 0. The van der Waals surface area contributed by atoms with Crippen LogP contribution in [0, 0.1) is 3.57 Å². The summed E-state index contributed by atoms with van der Waals surface area (Å²) < 4.78 is 6.51. The van der Waals surface area contributed by atoms with Crippen LogP contribution < -0.4 is 4.74 Å². The molecule has 0 spiro atoms. The van der Waals surface area contributed by atoms with Gasteiger partial charge in [-0.1, -0.05) is 0 Å². The van der Waals surface area contributed by atoms with Gasteiger partial charge in [0.1, 0.15) is 11.9 Å². The molecular weight excluding hydrogens is 267 g/mol. The van der Waals surface area contributed by atoms with Gasteiger partial charge in [0, 0.05) is 6.20 Å². The van der Waals surface area contributed by atoms with Crippen LogP contribution in [0.1, 0.15) is 20.8 Å². The Balaban J connectivity index is 2.83. The van der Waals surface area contributed by atoms with Crippen LogP contribution in [0.15, 0.2) is 12.5 Å². The van der Waals surface area contributed by atoms with Gasteiger partial charge in [0.15, 0.2) is 0 Å². The molecule has 0 radical (unpaired) electrons. The Kier molecular flexibility index (Phi) is 2.87. The molecule has 3 nitrogen and oxygen atoms in total. The van der Waals surface area contributed by atoms with Crippen molar-refractivity contribution in [2.45, 2.75) is 26.4 Å². The lowest BCUT2D eigenvalue weighted by Crippen LogP contribution is -2.24. The summed E-state index contributed by atoms with van der Waals surface area (Å²) in [6, 6.07) is 0. The zero-order valence-electron chi connectivity index (χ0n) is 7.34. The quantitative estimate of drug-likeness (QED) is 0.739. The maximum Gasteiger partial charge on any atom is 0.230 e. The van der Waals surface area contributed by atoms with E-state index in [4.69, 9.17) is 4.74 Å². The van der Waals surface area contributed by atoms with Gasteiger partial charge < -0.3 is 4.74 Å². The SMILES string of the molecule is CC(C)(C)Oc1ncncc1I. The highest BCUT2D eigenvalue weighted by atomic mass is 127. The number of ether oxygens (including phenoxy) is 1. The van der Waals surface area contributed by atoms with Crippen LogP contribution in [0.3, 0.4) is 0 Å². The summed E-state index contributed by atoms with van der Waals surface area (Å²) in [4.78, 5) is 7.90. The molecule has 0 N–H and O–H groups in total. The topological polar surface area (TPSA) is 35.0 Å². The minimum atomic E-state index is -0.200. The van der Waals surface area contributed by atoms with Crippen LogP contribution in [0.2, 0.25) is 0 Å². The van der Waals surface area contributed by atoms with Crippen LogP contribution in [-0.4, -0.2) is 15.6 Å². The Hall–Kier alpha value is -0.390. The summed E-state index contributed by atoms with van der Waals surface area (Å²) in [7, 11) is 0. The fraction of sp³-hybridized carbons (Fsp3) is 0.500. The minimum Gasteiger partial charge on any atom is -0.471 e. The predicted molar refractivity (Wildman–Crippen MR) is 55.1 cm³/mol. The van der Waals surface area contributed by atoms with E-state index in [0.717, 1.165) is 3.57 Å². The van der Waals surface area contributed by atoms with Crippen molar-refractivity contribution in [3.8, 4) is 5.88 Å². The van der Waals surface area contributed by atoms with Crippen LogP contribution in [0.5, 0.6) is 5.88 Å². The van der Waals surface area contributed by atoms with E-state index in [1.54, 1.807) is 6.20 Å². The molecule has 12 heavy (non-hydrogen) atoms. The Morgan fingerprint density at radius 3 is 2.58 bits per heavy atom. The first kappa shape index (κ1) is 9.70. The molecule has 0 saturated heterocycles. The molecule has 0 aliphatic carbocycles. The predicted octanol–water partition coefficient (Wildman–Crippen LogP) is 2.26. The van der Waals surface area contributed by atoms with Crippen LogP contribution in [-0.2, 0) is 0 Å². The van der Waals surface area contributed by atoms with Gasteiger partial charge in [-0.2, -0.15) is 0 Å². The van der Waals surface area contributed by atoms with Gasteiger partial charge in [0.05, 0.1) is 3.57 Å². The normalized spacial score (nSPS) is 11.3. The average molecular weight is 278 g/mol. The first-order valence-electron chi connectivity index (χ1n) is 3.63. The van der Waals surface area contributed by atoms with Crippen LogP contribution in [0.25, 0.3) is 0 Å². The van der Waals surface area contributed by atoms with E-state index in [1.165, 1.54) is 6.33 Å². The Bertz CT molecular complexity index is 270. The van der Waals surface area contributed by atoms with Crippen molar-refractivity contribution in [2.24, 2.45) is 0 Å². The van der Waals surface area contributed by atoms with E-state index < -0.39 is 0 Å². The third kappa shape index (κ3) is 2.92. The first-order valence-corrected chi connectivity index (χ1v) is 4.71. The van der Waals surface area contributed by atoms with Crippen molar-refractivity contribution >= 4 is 22.6 Å². The van der Waals surface area contributed by atoms with Crippen LogP contribution >= 0.6 is 22.6 Å². The van der Waals surface area contributed by atoms with Crippen LogP contribution in [0.4, 0.5) is 0 Å². The fourth-order valence-corrected chi connectivity index (χ4v) is 1.08. The lowest BCUT2D eigenvalue weighted by molar-refractivity contribution is 0.122. The third-order valence-corrected chi connectivity index (χ3v) is 1.78. The van der Waals surface area contributed by atoms with E-state index in [2.05, 4.69) is 32.6 Å². The summed E-state index contributed by atoms with van der Waals surface area (Å²) in [5, 5.41) is 0. The molecule has 0 saturated carbocycles. The second-order valence-corrected chi connectivity index (χ2v) is 4.55. The molecule has 0 aromatic carbocycles. The molecule has 66 valence electrons. The maximum atomic E-state index is 5.57. The molecule has 0 atom stereocenters. The second-order valence-electron chi connectivity index (χ2n) is 3.39. The van der Waals surface area contributed by atoms with E-state index in [-0.39, 0.29) is 5.60 Å². The molecule has 0 aliphatic rings. The van der Waals surface area contributed by atoms with Gasteiger partial charge in [0.25, 0.3) is 0 Å². The summed E-state index contributed by atoms with van der Waals surface area (Å²) in [5.41, 5.74) is -0.200. The number of hydrogen-bond acceptors (Lipinski definition) is 3. The van der Waals surface area contributed by atoms with E-state index in [0.29, 0.717) is 5.88 Å². The van der Waals surface area contributed by atoms with Gasteiger partial charge in [-0.05, 0) is 43.4 Å². The fourth-order valence-electron chi connectivity index (χ4n) is 0.667. The summed E-state index contributed by atoms with van der Waals surface area (Å²) in [6.45, 7) is 5.97. The molecule has 0 aliphatic heterocycles. The molecule has 1 rings (SSSR count). The molecule has 1 heterocycles. The van der Waals surface area contributed by atoms with Gasteiger partial charge in [-0.3, -0.25) is 0 Å². The molecule has 0 unspecified atom stereocenters. The van der Waals surface area contributed by atoms with Crippen molar-refractivity contribution in [1.82, 2.24) is 9.97 Å². The smallest absolute Gasteiger partial charge is 0.230 e. The minimum absolute atomic E-state index is 0.200. The van der Waals surface area contributed by atoms with E-state index >= 15 is 0 Å². The lowest BCUT2D eigenvalue weighted by atomic mass is 10.2. The highest BCUT2D eigenvalue weighted by Crippen LogP contribution is 2.20. The zero-order valence-corrected chi connectivity index (χ0v) is 9.49. The first-order chi connectivity index (χ1) is 5.49. The molecule has 0 amide bonds. The molecule has 1 aromatic heterocycles. The Morgan fingerprint density at radius 1 is 1.42 bits per heavy atom. The number of halogens is 1. The molecule has 0 bridgehead atoms. The highest BCUT2D eigenvalue weighted by Gasteiger charge is 2.14. The van der Waals surface area contributed by atoms with Gasteiger partial charge in [-0.25, -0.2) is 9.97 Å². The largest absolute Gasteiger partial charge is 0.471 e. The lowest BCUT2D eigenvalue weighted by Gasteiger charge is -2.20. The molecule has 4 heteroatoms. The molecular formula is C8H11IN2O. The number of nitrogens with zero attached hydrogens (tertiary/aromatic N) is 2. The maximum absolute atomic E-state index is 5.57. The standard InChI is InChI=1S/C8H11IN2O/c1-8(2,3)12-7-6(9)4-10-5-11-7/h4-5H,1-3H3. The molecule has 1 aromatic rings. The van der Waals surface area contributed by atoms with Crippen molar-refractivity contribution in [3.63, 3.8) is 0 Å². The summed E-state index contributed by atoms with van der Waals surface area (Å²) >= 11 is 2.15. The third-order valence-electron chi connectivity index (χ3n) is 1.04. The Morgan fingerprint density at radius 2 is 2.08 bits per heavy atom. The summed E-state index contributed by atoms with van der Waals surface area (Å²) in [6.07, 6.45) is 3.22. The Labute approximate surface area is 85.7 Å². The van der Waals surface area contributed by atoms with Crippen molar-refractivity contribution in [3.05, 3.63) is 16.1 Å². The molecule has 0 fully saturated rings. The van der Waals surface area contributed by atoms with E-state index in [9.17, 15) is 0 Å². The van der Waals surface area contributed by atoms with Crippen molar-refractivity contribution < 1.29 is 4.74 Å². The van der Waals surface area contributed by atoms with Gasteiger partial charge in [0.2, 0.25) is 5.88 Å². The van der Waals surface area contributed by atoms with Gasteiger partial charge >= 0.3 is 0 Å². The average Bonchev–Trinajstić information content (AvgIpc) is 1.91. The number of aromatic nitrogens is 2.